The van der Waals surface area contributed by atoms with Gasteiger partial charge in [-0.1, -0.05) is 210 Å². The Balaban J connectivity index is 4.44. The Morgan fingerprint density at radius 1 is 0.344 bits per heavy atom. The summed E-state index contributed by atoms with van der Waals surface area (Å²) in [6.07, 6.45) is 60.6. The summed E-state index contributed by atoms with van der Waals surface area (Å²) in [5.74, 6) is -0.938. The first-order valence-corrected chi connectivity index (χ1v) is 25.8. The fourth-order valence-corrected chi connectivity index (χ4v) is 7.13. The van der Waals surface area contributed by atoms with E-state index in [1.165, 1.54) is 122 Å². The van der Waals surface area contributed by atoms with Gasteiger partial charge in [-0.15, -0.1) is 0 Å². The van der Waals surface area contributed by atoms with Crippen LogP contribution in [0.4, 0.5) is 0 Å². The molecule has 0 fully saturated rings. The van der Waals surface area contributed by atoms with Gasteiger partial charge in [-0.25, -0.2) is 0 Å². The van der Waals surface area contributed by atoms with Gasteiger partial charge in [0.2, 0.25) is 0 Å². The van der Waals surface area contributed by atoms with Gasteiger partial charge < -0.3 is 14.2 Å². The summed E-state index contributed by atoms with van der Waals surface area (Å²) in [4.78, 5) is 37.9. The van der Waals surface area contributed by atoms with Gasteiger partial charge in [0.15, 0.2) is 6.10 Å². The predicted molar refractivity (Wildman–Crippen MR) is 261 cm³/mol. The Morgan fingerprint density at radius 2 is 0.639 bits per heavy atom. The highest BCUT2D eigenvalue weighted by Gasteiger charge is 2.19. The van der Waals surface area contributed by atoms with Crippen LogP contribution in [-0.2, 0) is 28.6 Å². The number of rotatable bonds is 46. The minimum Gasteiger partial charge on any atom is -0.462 e. The Morgan fingerprint density at radius 3 is 1.05 bits per heavy atom. The topological polar surface area (TPSA) is 78.9 Å². The second-order valence-electron chi connectivity index (χ2n) is 17.1. The molecule has 0 amide bonds. The molecule has 61 heavy (non-hydrogen) atoms. The minimum atomic E-state index is -0.796. The molecule has 0 saturated carbocycles. The molecule has 0 radical (unpaired) electrons. The molecule has 0 saturated heterocycles. The molecule has 0 aliphatic heterocycles. The molecule has 0 spiro atoms. The fraction of sp³-hybridized carbons (Fsp3) is 0.764. The first-order chi connectivity index (χ1) is 30.0. The first kappa shape index (κ1) is 58.1. The van der Waals surface area contributed by atoms with E-state index < -0.39 is 6.10 Å². The van der Waals surface area contributed by atoms with Crippen LogP contribution in [0.1, 0.15) is 252 Å². The van der Waals surface area contributed by atoms with Crippen molar-refractivity contribution in [2.75, 3.05) is 13.2 Å². The standard InChI is InChI=1S/C55H96O6/c1-4-7-10-13-16-19-22-25-27-29-30-33-36-39-42-45-48-54(57)60-51-52(50-59-53(56)47-44-41-38-35-32-24-21-18-15-12-9-6-3)61-55(58)49-46-43-40-37-34-31-28-26-23-20-17-14-11-8-5-2/h8,11,17,20,26-29,34,37,52H,4-7,9-10,12-16,18-19,21-25,30-33,35-36,38-51H2,1-3H3/b11-8-,20-17-,28-26-,29-27-,37-34-/t52-/m1/s1. The number of esters is 3. The number of carbonyl (C=O) groups excluding carboxylic acids is 3. The molecule has 0 rings (SSSR count). The monoisotopic (exact) mass is 853 g/mol. The number of hydrogen-bond acceptors (Lipinski definition) is 6. The molecule has 352 valence electrons. The van der Waals surface area contributed by atoms with Gasteiger partial charge in [-0.2, -0.15) is 0 Å². The van der Waals surface area contributed by atoms with Gasteiger partial charge in [-0.3, -0.25) is 14.4 Å². The van der Waals surface area contributed by atoms with E-state index in [-0.39, 0.29) is 37.5 Å². The number of carbonyl (C=O) groups is 3. The predicted octanol–water partition coefficient (Wildman–Crippen LogP) is 16.9. The molecule has 0 N–H and O–H groups in total. The Labute approximate surface area is 377 Å². The van der Waals surface area contributed by atoms with Crippen LogP contribution in [0, 0.1) is 0 Å². The fourth-order valence-electron chi connectivity index (χ4n) is 7.13. The molecule has 0 aliphatic rings. The zero-order chi connectivity index (χ0) is 44.4. The Hall–Kier alpha value is -2.89. The van der Waals surface area contributed by atoms with E-state index in [4.69, 9.17) is 14.2 Å². The van der Waals surface area contributed by atoms with Crippen molar-refractivity contribution in [3.63, 3.8) is 0 Å². The molecule has 0 heterocycles. The van der Waals surface area contributed by atoms with Gasteiger partial charge >= 0.3 is 17.9 Å². The average molecular weight is 853 g/mol. The molecule has 1 atom stereocenters. The van der Waals surface area contributed by atoms with Crippen LogP contribution in [-0.4, -0.2) is 37.2 Å². The summed E-state index contributed by atoms with van der Waals surface area (Å²) in [6.45, 7) is 6.48. The maximum Gasteiger partial charge on any atom is 0.306 e. The molecule has 0 aromatic carbocycles. The van der Waals surface area contributed by atoms with Crippen LogP contribution in [0.5, 0.6) is 0 Å². The Kier molecular flexibility index (Phi) is 47.4. The lowest BCUT2D eigenvalue weighted by atomic mass is 10.0. The van der Waals surface area contributed by atoms with Crippen molar-refractivity contribution in [3.05, 3.63) is 60.8 Å². The smallest absolute Gasteiger partial charge is 0.306 e. The molecule has 6 nitrogen and oxygen atoms in total. The van der Waals surface area contributed by atoms with E-state index in [9.17, 15) is 14.4 Å². The zero-order valence-electron chi connectivity index (χ0n) is 40.2. The molecule has 0 unspecified atom stereocenters. The van der Waals surface area contributed by atoms with Crippen molar-refractivity contribution >= 4 is 17.9 Å². The quantitative estimate of drug-likeness (QED) is 0.0263. The highest BCUT2D eigenvalue weighted by molar-refractivity contribution is 5.71. The highest BCUT2D eigenvalue weighted by Crippen LogP contribution is 2.14. The number of ether oxygens (including phenoxy) is 3. The van der Waals surface area contributed by atoms with E-state index in [0.717, 1.165) is 83.5 Å². The maximum absolute atomic E-state index is 12.8. The van der Waals surface area contributed by atoms with Gasteiger partial charge in [-0.05, 0) is 83.5 Å². The molecular weight excluding hydrogens is 757 g/mol. The van der Waals surface area contributed by atoms with Crippen molar-refractivity contribution in [1.82, 2.24) is 0 Å². The van der Waals surface area contributed by atoms with Gasteiger partial charge in [0.25, 0.3) is 0 Å². The van der Waals surface area contributed by atoms with Gasteiger partial charge in [0.1, 0.15) is 13.2 Å². The largest absolute Gasteiger partial charge is 0.462 e. The third-order valence-electron chi connectivity index (χ3n) is 11.0. The third kappa shape index (κ3) is 48.0. The van der Waals surface area contributed by atoms with Crippen LogP contribution in [0.2, 0.25) is 0 Å². The molecular formula is C55H96O6. The van der Waals surface area contributed by atoms with E-state index >= 15 is 0 Å². The van der Waals surface area contributed by atoms with Crippen LogP contribution in [0.15, 0.2) is 60.8 Å². The highest BCUT2D eigenvalue weighted by atomic mass is 16.6. The second kappa shape index (κ2) is 49.8. The van der Waals surface area contributed by atoms with E-state index in [1.54, 1.807) is 0 Å². The van der Waals surface area contributed by atoms with E-state index in [0.29, 0.717) is 19.3 Å². The van der Waals surface area contributed by atoms with Crippen LogP contribution in [0.25, 0.3) is 0 Å². The van der Waals surface area contributed by atoms with Crippen molar-refractivity contribution in [1.29, 1.82) is 0 Å². The minimum absolute atomic E-state index is 0.0917. The molecule has 0 bridgehead atoms. The summed E-state index contributed by atoms with van der Waals surface area (Å²) in [5, 5.41) is 0. The average Bonchev–Trinajstić information content (AvgIpc) is 3.26. The lowest BCUT2D eigenvalue weighted by molar-refractivity contribution is -0.167. The lowest BCUT2D eigenvalue weighted by Gasteiger charge is -2.18. The van der Waals surface area contributed by atoms with Gasteiger partial charge in [0, 0.05) is 19.3 Å². The van der Waals surface area contributed by atoms with Crippen molar-refractivity contribution in [2.24, 2.45) is 0 Å². The number of unbranched alkanes of at least 4 members (excludes halogenated alkanes) is 25. The van der Waals surface area contributed by atoms with Crippen LogP contribution in [0.3, 0.4) is 0 Å². The van der Waals surface area contributed by atoms with Crippen molar-refractivity contribution in [3.8, 4) is 0 Å². The van der Waals surface area contributed by atoms with Crippen LogP contribution < -0.4 is 0 Å². The first-order valence-electron chi connectivity index (χ1n) is 25.8. The second-order valence-corrected chi connectivity index (χ2v) is 17.1. The summed E-state index contributed by atoms with van der Waals surface area (Å²) in [7, 11) is 0. The molecule has 0 aromatic rings. The van der Waals surface area contributed by atoms with Gasteiger partial charge in [0.05, 0.1) is 0 Å². The lowest BCUT2D eigenvalue weighted by Crippen LogP contribution is -2.30. The third-order valence-corrected chi connectivity index (χ3v) is 11.0. The van der Waals surface area contributed by atoms with E-state index in [1.807, 2.05) is 0 Å². The van der Waals surface area contributed by atoms with Crippen LogP contribution >= 0.6 is 0 Å². The summed E-state index contributed by atoms with van der Waals surface area (Å²) >= 11 is 0. The summed E-state index contributed by atoms with van der Waals surface area (Å²) in [5.41, 5.74) is 0. The SMILES string of the molecule is CC/C=C\C/C=C\C/C=C\C/C=C\CCCCC(=O)O[C@@H](COC(=O)CCCCCCC/C=C\CCCCCCCCC)COC(=O)CCCCCCCCCCCCCC. The van der Waals surface area contributed by atoms with Crippen molar-refractivity contribution in [2.45, 2.75) is 258 Å². The molecule has 0 aliphatic carbocycles. The van der Waals surface area contributed by atoms with E-state index in [2.05, 4.69) is 81.5 Å². The maximum atomic E-state index is 12.8. The molecule has 6 heteroatoms. The summed E-state index contributed by atoms with van der Waals surface area (Å²) < 4.78 is 16.7. The number of allylic oxidation sites excluding steroid dienone is 10. The molecule has 0 aromatic heterocycles. The Bertz CT molecular complexity index is 1120. The number of hydrogen-bond donors (Lipinski definition) is 0. The summed E-state index contributed by atoms with van der Waals surface area (Å²) in [6, 6.07) is 0. The zero-order valence-corrected chi connectivity index (χ0v) is 40.2. The van der Waals surface area contributed by atoms with Crippen molar-refractivity contribution < 1.29 is 28.6 Å². The normalized spacial score (nSPS) is 12.5.